The highest BCUT2D eigenvalue weighted by molar-refractivity contribution is 6.03. The van der Waals surface area contributed by atoms with Crippen molar-refractivity contribution in [3.63, 3.8) is 0 Å². The van der Waals surface area contributed by atoms with Crippen LogP contribution in [0.1, 0.15) is 21.5 Å². The fourth-order valence-corrected chi connectivity index (χ4v) is 3.07. The standard InChI is InChI=1S/C22H19N3O3/c1-24-21(26)17(12-23)11-18-14-25(20-9-4-3-8-19(18)20)13-15-6-5-7-16(10-15)22(27)28-2/h3-11,14H,13H2,1-2H3,(H,24,26). The number of carbonyl (C=O) groups excluding carboxylic acids is 2. The molecule has 6 heteroatoms. The van der Waals surface area contributed by atoms with Crippen molar-refractivity contribution in [3.8, 4) is 6.07 Å². The molecule has 28 heavy (non-hydrogen) atoms. The summed E-state index contributed by atoms with van der Waals surface area (Å²) in [5.74, 6) is -0.808. The van der Waals surface area contributed by atoms with Gasteiger partial charge in [0.1, 0.15) is 11.6 Å². The first kappa shape index (κ1) is 18.9. The van der Waals surface area contributed by atoms with E-state index in [1.54, 1.807) is 18.2 Å². The molecule has 0 saturated carbocycles. The zero-order chi connectivity index (χ0) is 20.1. The molecule has 0 unspecified atom stereocenters. The lowest BCUT2D eigenvalue weighted by atomic mass is 10.1. The predicted molar refractivity (Wildman–Crippen MR) is 106 cm³/mol. The van der Waals surface area contributed by atoms with Crippen molar-refractivity contribution in [1.82, 2.24) is 9.88 Å². The number of methoxy groups -OCH3 is 1. The number of ether oxygens (including phenoxy) is 1. The van der Waals surface area contributed by atoms with Gasteiger partial charge < -0.3 is 14.6 Å². The number of nitrogens with one attached hydrogen (secondary N) is 1. The normalized spacial score (nSPS) is 11.1. The smallest absolute Gasteiger partial charge is 0.337 e. The van der Waals surface area contributed by atoms with Crippen LogP contribution in [0.3, 0.4) is 0 Å². The van der Waals surface area contributed by atoms with Crippen LogP contribution < -0.4 is 5.32 Å². The summed E-state index contributed by atoms with van der Waals surface area (Å²) in [4.78, 5) is 23.6. The maximum atomic E-state index is 11.9. The summed E-state index contributed by atoms with van der Waals surface area (Å²) >= 11 is 0. The number of hydrogen-bond acceptors (Lipinski definition) is 4. The molecular weight excluding hydrogens is 354 g/mol. The van der Waals surface area contributed by atoms with Gasteiger partial charge in [0.2, 0.25) is 0 Å². The maximum Gasteiger partial charge on any atom is 0.337 e. The summed E-state index contributed by atoms with van der Waals surface area (Å²) in [5, 5.41) is 12.7. The lowest BCUT2D eigenvalue weighted by Crippen LogP contribution is -2.19. The zero-order valence-electron chi connectivity index (χ0n) is 15.6. The number of rotatable bonds is 5. The van der Waals surface area contributed by atoms with Crippen molar-refractivity contribution in [2.45, 2.75) is 6.54 Å². The molecule has 2 aromatic carbocycles. The summed E-state index contributed by atoms with van der Waals surface area (Å²) in [6.07, 6.45) is 3.48. The number of hydrogen-bond donors (Lipinski definition) is 1. The first-order valence-electron chi connectivity index (χ1n) is 8.66. The number of fused-ring (bicyclic) bond motifs is 1. The Labute approximate surface area is 162 Å². The third kappa shape index (κ3) is 3.79. The molecule has 0 spiro atoms. The second kappa shape index (κ2) is 8.23. The number of esters is 1. The minimum absolute atomic E-state index is 0.0399. The van der Waals surface area contributed by atoms with Gasteiger partial charge in [-0.15, -0.1) is 0 Å². The van der Waals surface area contributed by atoms with E-state index in [4.69, 9.17) is 4.74 Å². The first-order chi connectivity index (χ1) is 13.6. The number of nitriles is 1. The van der Waals surface area contributed by atoms with E-state index in [-0.39, 0.29) is 11.5 Å². The average molecular weight is 373 g/mol. The molecule has 1 aromatic heterocycles. The van der Waals surface area contributed by atoms with Crippen molar-refractivity contribution in [2.24, 2.45) is 0 Å². The molecule has 1 N–H and O–H groups in total. The van der Waals surface area contributed by atoms with E-state index in [9.17, 15) is 14.9 Å². The van der Waals surface area contributed by atoms with Gasteiger partial charge in [-0.3, -0.25) is 4.79 Å². The van der Waals surface area contributed by atoms with Crippen LogP contribution in [0.4, 0.5) is 0 Å². The summed E-state index contributed by atoms with van der Waals surface area (Å²) in [6, 6.07) is 16.9. The molecule has 0 aliphatic carbocycles. The Hall–Kier alpha value is -3.85. The lowest BCUT2D eigenvalue weighted by molar-refractivity contribution is -0.116. The molecule has 0 atom stereocenters. The Kier molecular flexibility index (Phi) is 5.56. The van der Waals surface area contributed by atoms with Crippen LogP contribution in [0.25, 0.3) is 17.0 Å². The monoisotopic (exact) mass is 373 g/mol. The minimum Gasteiger partial charge on any atom is -0.465 e. The molecular formula is C22H19N3O3. The number of likely N-dealkylation sites (N-methyl/N-ethyl adjacent to an activating group) is 1. The third-order valence-corrected chi connectivity index (χ3v) is 4.41. The quantitative estimate of drug-likeness (QED) is 0.423. The number of amides is 1. The fourth-order valence-electron chi connectivity index (χ4n) is 3.07. The van der Waals surface area contributed by atoms with Gasteiger partial charge in [-0.05, 0) is 29.8 Å². The zero-order valence-corrected chi connectivity index (χ0v) is 15.6. The molecule has 1 heterocycles. The molecule has 0 bridgehead atoms. The second-order valence-electron chi connectivity index (χ2n) is 6.17. The van der Waals surface area contributed by atoms with Crippen LogP contribution >= 0.6 is 0 Å². The molecule has 3 aromatic rings. The van der Waals surface area contributed by atoms with Crippen LogP contribution in [-0.4, -0.2) is 30.6 Å². The minimum atomic E-state index is -0.426. The Morgan fingerprint density at radius 3 is 2.71 bits per heavy atom. The third-order valence-electron chi connectivity index (χ3n) is 4.41. The van der Waals surface area contributed by atoms with Gasteiger partial charge in [0, 0.05) is 36.3 Å². The number of nitrogens with zero attached hydrogens (tertiary/aromatic N) is 2. The van der Waals surface area contributed by atoms with Crippen LogP contribution in [0.2, 0.25) is 0 Å². The van der Waals surface area contributed by atoms with Crippen molar-refractivity contribution in [2.75, 3.05) is 14.2 Å². The van der Waals surface area contributed by atoms with E-state index >= 15 is 0 Å². The molecule has 0 radical (unpaired) electrons. The van der Waals surface area contributed by atoms with E-state index in [0.29, 0.717) is 12.1 Å². The Morgan fingerprint density at radius 2 is 2.00 bits per heavy atom. The van der Waals surface area contributed by atoms with Crippen molar-refractivity contribution < 1.29 is 14.3 Å². The predicted octanol–water partition coefficient (Wildman–Crippen LogP) is 3.13. The Balaban J connectivity index is 2.04. The van der Waals surface area contributed by atoms with E-state index in [1.807, 2.05) is 53.2 Å². The van der Waals surface area contributed by atoms with E-state index in [2.05, 4.69) is 5.32 Å². The molecule has 0 saturated heterocycles. The Bertz CT molecular complexity index is 1120. The van der Waals surface area contributed by atoms with Crippen molar-refractivity contribution in [3.05, 3.63) is 77.0 Å². The number of para-hydroxylation sites is 1. The summed E-state index contributed by atoms with van der Waals surface area (Å²) < 4.78 is 6.81. The molecule has 140 valence electrons. The summed E-state index contributed by atoms with van der Waals surface area (Å²) in [5.41, 5.74) is 3.21. The SMILES string of the molecule is CNC(=O)C(C#N)=Cc1cn(Cc2cccc(C(=O)OC)c2)c2ccccc12. The van der Waals surface area contributed by atoms with Crippen molar-refractivity contribution >= 4 is 28.9 Å². The molecule has 1 amide bonds. The van der Waals surface area contributed by atoms with Crippen LogP contribution in [-0.2, 0) is 16.1 Å². The topological polar surface area (TPSA) is 84.1 Å². The molecule has 3 rings (SSSR count). The van der Waals surface area contributed by atoms with Gasteiger partial charge in [-0.25, -0.2) is 4.79 Å². The second-order valence-corrected chi connectivity index (χ2v) is 6.17. The highest BCUT2D eigenvalue weighted by Crippen LogP contribution is 2.25. The van der Waals surface area contributed by atoms with Gasteiger partial charge in [-0.2, -0.15) is 5.26 Å². The van der Waals surface area contributed by atoms with E-state index in [0.717, 1.165) is 22.0 Å². The van der Waals surface area contributed by atoms with Gasteiger partial charge in [0.25, 0.3) is 5.91 Å². The largest absolute Gasteiger partial charge is 0.465 e. The maximum absolute atomic E-state index is 11.9. The lowest BCUT2D eigenvalue weighted by Gasteiger charge is -2.07. The molecule has 6 nitrogen and oxygen atoms in total. The van der Waals surface area contributed by atoms with Crippen molar-refractivity contribution in [1.29, 1.82) is 5.26 Å². The van der Waals surface area contributed by atoms with E-state index < -0.39 is 5.91 Å². The summed E-state index contributed by atoms with van der Waals surface area (Å²) in [7, 11) is 2.84. The Morgan fingerprint density at radius 1 is 1.21 bits per heavy atom. The van der Waals surface area contributed by atoms with Gasteiger partial charge in [0.15, 0.2) is 0 Å². The number of carbonyl (C=O) groups is 2. The van der Waals surface area contributed by atoms with Gasteiger partial charge >= 0.3 is 5.97 Å². The number of benzene rings is 2. The molecule has 0 aliphatic rings. The molecule has 0 fully saturated rings. The number of aromatic nitrogens is 1. The van der Waals surface area contributed by atoms with Crippen LogP contribution in [0.15, 0.2) is 60.3 Å². The van der Waals surface area contributed by atoms with Crippen LogP contribution in [0.5, 0.6) is 0 Å². The highest BCUT2D eigenvalue weighted by Gasteiger charge is 2.12. The van der Waals surface area contributed by atoms with Gasteiger partial charge in [-0.1, -0.05) is 30.3 Å². The van der Waals surface area contributed by atoms with Crippen LogP contribution in [0, 0.1) is 11.3 Å². The molecule has 0 aliphatic heterocycles. The first-order valence-corrected chi connectivity index (χ1v) is 8.66. The fraction of sp³-hybridized carbons (Fsp3) is 0.136. The summed E-state index contributed by atoms with van der Waals surface area (Å²) in [6.45, 7) is 0.529. The van der Waals surface area contributed by atoms with Gasteiger partial charge in [0.05, 0.1) is 12.7 Å². The van der Waals surface area contributed by atoms with E-state index in [1.165, 1.54) is 14.2 Å². The average Bonchev–Trinajstić information content (AvgIpc) is 3.08. The highest BCUT2D eigenvalue weighted by atomic mass is 16.5.